The fourth-order valence-corrected chi connectivity index (χ4v) is 6.05. The van der Waals surface area contributed by atoms with Crippen LogP contribution in [0.5, 0.6) is 0 Å². The minimum atomic E-state index is -0.630. The molecule has 4 heteroatoms. The summed E-state index contributed by atoms with van der Waals surface area (Å²) in [6, 6.07) is 1.16. The lowest BCUT2D eigenvalue weighted by atomic mass is 9.90. The Labute approximate surface area is 125 Å². The predicted molar refractivity (Wildman–Crippen MR) is 87.4 cm³/mol. The highest BCUT2D eigenvalue weighted by Crippen LogP contribution is 2.30. The molecule has 0 bridgehead atoms. The molecule has 2 aliphatic carbocycles. The van der Waals surface area contributed by atoms with Crippen LogP contribution >= 0.6 is 11.8 Å². The first-order chi connectivity index (χ1) is 9.26. The summed E-state index contributed by atoms with van der Waals surface area (Å²) in [7, 11) is -0.630. The van der Waals surface area contributed by atoms with Gasteiger partial charge in [0.1, 0.15) is 0 Å². The lowest BCUT2D eigenvalue weighted by Crippen LogP contribution is -2.52. The highest BCUT2D eigenvalue weighted by Gasteiger charge is 2.33. The maximum atomic E-state index is 12.2. The normalized spacial score (nSPS) is 38.0. The average Bonchev–Trinajstić information content (AvgIpc) is 2.47. The molecule has 2 fully saturated rings. The Hall–Kier alpha value is 0.460. The molecule has 0 aromatic rings. The van der Waals surface area contributed by atoms with Gasteiger partial charge in [-0.05, 0) is 31.9 Å². The molecule has 1 N–H and O–H groups in total. The summed E-state index contributed by atoms with van der Waals surface area (Å²) < 4.78 is 12.2. The molecule has 0 aliphatic heterocycles. The van der Waals surface area contributed by atoms with E-state index >= 15 is 0 Å². The highest BCUT2D eigenvalue weighted by atomic mass is 32.2. The van der Waals surface area contributed by atoms with E-state index in [2.05, 4.69) is 18.5 Å². The van der Waals surface area contributed by atoms with Crippen molar-refractivity contribution in [1.82, 2.24) is 5.32 Å². The van der Waals surface area contributed by atoms with Crippen LogP contribution in [0.1, 0.15) is 58.3 Å². The molecule has 0 radical (unpaired) electrons. The van der Waals surface area contributed by atoms with Crippen LogP contribution in [0.3, 0.4) is 0 Å². The second kappa shape index (κ2) is 8.04. The van der Waals surface area contributed by atoms with Crippen molar-refractivity contribution in [2.75, 3.05) is 12.0 Å². The van der Waals surface area contributed by atoms with Gasteiger partial charge < -0.3 is 5.32 Å². The topological polar surface area (TPSA) is 29.1 Å². The van der Waals surface area contributed by atoms with Crippen molar-refractivity contribution in [2.45, 2.75) is 80.9 Å². The van der Waals surface area contributed by atoms with E-state index in [0.717, 1.165) is 17.4 Å². The summed E-state index contributed by atoms with van der Waals surface area (Å²) in [6.07, 6.45) is 12.6. The molecule has 2 saturated carbocycles. The molecule has 0 heterocycles. The van der Waals surface area contributed by atoms with Crippen LogP contribution in [0.4, 0.5) is 0 Å². The zero-order chi connectivity index (χ0) is 13.7. The van der Waals surface area contributed by atoms with Crippen LogP contribution in [0.2, 0.25) is 0 Å². The van der Waals surface area contributed by atoms with Gasteiger partial charge in [0, 0.05) is 33.9 Å². The highest BCUT2D eigenvalue weighted by molar-refractivity contribution is 7.99. The average molecular weight is 304 g/mol. The number of hydrogen-bond acceptors (Lipinski definition) is 3. The molecule has 19 heavy (non-hydrogen) atoms. The molecule has 0 aromatic carbocycles. The molecule has 0 amide bonds. The Kier molecular flexibility index (Phi) is 6.70. The molecule has 2 rings (SSSR count). The van der Waals surface area contributed by atoms with Gasteiger partial charge in [-0.3, -0.25) is 4.21 Å². The first kappa shape index (κ1) is 15.8. The van der Waals surface area contributed by atoms with E-state index < -0.39 is 10.8 Å². The Morgan fingerprint density at radius 2 is 1.68 bits per heavy atom. The summed E-state index contributed by atoms with van der Waals surface area (Å²) in [5, 5.41) is 5.09. The van der Waals surface area contributed by atoms with Crippen molar-refractivity contribution in [3.63, 3.8) is 0 Å². The number of nitrogens with one attached hydrogen (secondary N) is 1. The third kappa shape index (κ3) is 4.21. The lowest BCUT2D eigenvalue weighted by molar-refractivity contribution is 0.300. The third-order valence-corrected chi connectivity index (χ3v) is 7.74. The maximum absolute atomic E-state index is 12.2. The first-order valence-corrected chi connectivity index (χ1v) is 10.6. The fourth-order valence-electron chi connectivity index (χ4n) is 3.66. The largest absolute Gasteiger partial charge is 0.309 e. The summed E-state index contributed by atoms with van der Waals surface area (Å²) in [4.78, 5) is 0. The van der Waals surface area contributed by atoms with Crippen LogP contribution in [0.25, 0.3) is 0 Å². The summed E-state index contributed by atoms with van der Waals surface area (Å²) in [5.41, 5.74) is 0. The Bertz CT molecular complexity index is 298. The van der Waals surface area contributed by atoms with Gasteiger partial charge in [0.25, 0.3) is 0 Å². The molecule has 0 aromatic heterocycles. The second-order valence-corrected chi connectivity index (χ2v) is 8.95. The minimum Gasteiger partial charge on any atom is -0.309 e. The lowest BCUT2D eigenvalue weighted by Gasteiger charge is -2.38. The quantitative estimate of drug-likeness (QED) is 0.844. The van der Waals surface area contributed by atoms with Crippen molar-refractivity contribution in [3.8, 4) is 0 Å². The fraction of sp³-hybridized carbons (Fsp3) is 1.00. The van der Waals surface area contributed by atoms with Crippen LogP contribution < -0.4 is 5.32 Å². The van der Waals surface area contributed by atoms with Crippen molar-refractivity contribution in [1.29, 1.82) is 0 Å². The van der Waals surface area contributed by atoms with Crippen LogP contribution in [-0.2, 0) is 10.8 Å². The molecular formula is C15H29NOS2. The number of thioether (sulfide) groups is 1. The molecule has 2 aliphatic rings. The van der Waals surface area contributed by atoms with Gasteiger partial charge in [0.2, 0.25) is 0 Å². The standard InChI is InChI=1S/C15H29NOS2/c1-3-19(17)15-11-7-5-9-13(15)16-12-8-4-6-10-14(12)18-2/h12-16H,3-11H2,1-2H3/t12-,13-,14-,15+,19-/m0/s1. The Morgan fingerprint density at radius 1 is 1.05 bits per heavy atom. The molecule has 112 valence electrons. The van der Waals surface area contributed by atoms with Crippen molar-refractivity contribution in [2.24, 2.45) is 0 Å². The van der Waals surface area contributed by atoms with E-state index in [9.17, 15) is 4.21 Å². The van der Waals surface area contributed by atoms with Crippen molar-refractivity contribution >= 4 is 22.6 Å². The van der Waals surface area contributed by atoms with Crippen LogP contribution in [-0.4, -0.2) is 38.8 Å². The van der Waals surface area contributed by atoms with Crippen molar-refractivity contribution < 1.29 is 4.21 Å². The van der Waals surface area contributed by atoms with Crippen LogP contribution in [0, 0.1) is 0 Å². The molecule has 0 unspecified atom stereocenters. The monoisotopic (exact) mass is 303 g/mol. The van der Waals surface area contributed by atoms with Gasteiger partial charge in [-0.2, -0.15) is 11.8 Å². The smallest absolute Gasteiger partial charge is 0.0501 e. The molecule has 0 saturated heterocycles. The predicted octanol–water partition coefficient (Wildman–Crippen LogP) is 3.33. The van der Waals surface area contributed by atoms with Gasteiger partial charge in [-0.15, -0.1) is 0 Å². The Balaban J connectivity index is 1.96. The van der Waals surface area contributed by atoms with E-state index in [1.807, 2.05) is 11.8 Å². The van der Waals surface area contributed by atoms with Gasteiger partial charge in [0.05, 0.1) is 5.25 Å². The van der Waals surface area contributed by atoms with E-state index in [4.69, 9.17) is 0 Å². The zero-order valence-electron chi connectivity index (χ0n) is 12.4. The van der Waals surface area contributed by atoms with E-state index in [1.54, 1.807) is 0 Å². The van der Waals surface area contributed by atoms with Gasteiger partial charge in [-0.1, -0.05) is 32.6 Å². The van der Waals surface area contributed by atoms with Gasteiger partial charge >= 0.3 is 0 Å². The first-order valence-electron chi connectivity index (χ1n) is 7.92. The summed E-state index contributed by atoms with van der Waals surface area (Å²) in [5.74, 6) is 0.819. The number of rotatable bonds is 5. The molecule has 2 nitrogen and oxygen atoms in total. The molecular weight excluding hydrogens is 274 g/mol. The molecule has 0 spiro atoms. The van der Waals surface area contributed by atoms with Gasteiger partial charge in [-0.25, -0.2) is 0 Å². The van der Waals surface area contributed by atoms with E-state index in [1.165, 1.54) is 44.9 Å². The molecule has 5 atom stereocenters. The van der Waals surface area contributed by atoms with E-state index in [-0.39, 0.29) is 0 Å². The number of hydrogen-bond donors (Lipinski definition) is 1. The Morgan fingerprint density at radius 3 is 2.37 bits per heavy atom. The summed E-state index contributed by atoms with van der Waals surface area (Å²) in [6.45, 7) is 2.06. The van der Waals surface area contributed by atoms with E-state index in [0.29, 0.717) is 17.3 Å². The van der Waals surface area contributed by atoms with Crippen molar-refractivity contribution in [3.05, 3.63) is 0 Å². The SMILES string of the molecule is CC[S@](=O)[C@@H]1CCCC[C@@H]1N[C@H]1CCCC[C@@H]1SC. The van der Waals surface area contributed by atoms with Gasteiger partial charge in [0.15, 0.2) is 0 Å². The second-order valence-electron chi connectivity index (χ2n) is 5.93. The third-order valence-electron chi connectivity index (χ3n) is 4.76. The van der Waals surface area contributed by atoms with Crippen LogP contribution in [0.15, 0.2) is 0 Å². The maximum Gasteiger partial charge on any atom is 0.0501 e. The minimum absolute atomic E-state index is 0.406. The zero-order valence-corrected chi connectivity index (χ0v) is 14.0. The summed E-state index contributed by atoms with van der Waals surface area (Å²) >= 11 is 2.02.